The fraction of sp³-hybridized carbons (Fsp3) is 0.391. The Bertz CT molecular complexity index is 993. The van der Waals surface area contributed by atoms with Crippen LogP contribution >= 0.6 is 11.3 Å². The van der Waals surface area contributed by atoms with Crippen LogP contribution in [0.3, 0.4) is 0 Å². The molecule has 2 amide bonds. The molecule has 0 spiro atoms. The van der Waals surface area contributed by atoms with E-state index < -0.39 is 0 Å². The van der Waals surface area contributed by atoms with E-state index in [0.717, 1.165) is 12.1 Å². The minimum atomic E-state index is -0.256. The molecule has 0 radical (unpaired) electrons. The van der Waals surface area contributed by atoms with Crippen molar-refractivity contribution >= 4 is 34.1 Å². The number of carbonyl (C=O) groups excluding carboxylic acids is 2. The molecule has 1 fully saturated rings. The molecule has 0 unspecified atom stereocenters. The van der Waals surface area contributed by atoms with Gasteiger partial charge in [0.25, 0.3) is 0 Å². The van der Waals surface area contributed by atoms with Gasteiger partial charge in [0.05, 0.1) is 5.92 Å². The van der Waals surface area contributed by atoms with Crippen LogP contribution in [0, 0.1) is 11.8 Å². The average molecular weight is 410 g/mol. The highest BCUT2D eigenvalue weighted by atomic mass is 32.1. The first-order valence-electron chi connectivity index (χ1n) is 10.2. The maximum absolute atomic E-state index is 12.8. The van der Waals surface area contributed by atoms with Crippen LogP contribution in [0.2, 0.25) is 0 Å². The van der Waals surface area contributed by atoms with Crippen LogP contribution in [-0.2, 0) is 9.59 Å². The highest BCUT2D eigenvalue weighted by Crippen LogP contribution is 2.33. The van der Waals surface area contributed by atoms with Crippen LogP contribution < -0.4 is 5.32 Å². The van der Waals surface area contributed by atoms with Gasteiger partial charge in [0.15, 0.2) is 0 Å². The monoisotopic (exact) mass is 409 g/mol. The zero-order valence-electron chi connectivity index (χ0n) is 16.9. The summed E-state index contributed by atoms with van der Waals surface area (Å²) in [6.07, 6.45) is 2.36. The number of thiophene rings is 1. The van der Waals surface area contributed by atoms with Gasteiger partial charge in [-0.05, 0) is 29.0 Å². The lowest BCUT2D eigenvalue weighted by atomic mass is 9.96. The summed E-state index contributed by atoms with van der Waals surface area (Å²) in [6, 6.07) is 12.4. The van der Waals surface area contributed by atoms with E-state index in [2.05, 4.69) is 47.7 Å². The molecule has 0 saturated carbocycles. The van der Waals surface area contributed by atoms with Crippen LogP contribution in [0.4, 0.5) is 0 Å². The number of amides is 2. The number of aromatic amines is 1. The van der Waals surface area contributed by atoms with Crippen LogP contribution in [0.15, 0.2) is 48.0 Å². The number of nitrogens with one attached hydrogen (secondary N) is 2. The number of fused-ring (bicyclic) bond motifs is 1. The molecule has 29 heavy (non-hydrogen) atoms. The first kappa shape index (κ1) is 19.7. The van der Waals surface area contributed by atoms with Crippen molar-refractivity contribution in [3.05, 3.63) is 58.4 Å². The van der Waals surface area contributed by atoms with Crippen molar-refractivity contribution in [1.29, 1.82) is 0 Å². The van der Waals surface area contributed by atoms with Crippen molar-refractivity contribution in [2.24, 2.45) is 11.8 Å². The number of hydrogen-bond acceptors (Lipinski definition) is 3. The number of H-pyrrole nitrogens is 1. The van der Waals surface area contributed by atoms with Gasteiger partial charge < -0.3 is 15.2 Å². The number of aromatic nitrogens is 1. The summed E-state index contributed by atoms with van der Waals surface area (Å²) in [5, 5.41) is 6.38. The van der Waals surface area contributed by atoms with Gasteiger partial charge in [-0.15, -0.1) is 11.3 Å². The molecule has 4 rings (SSSR count). The molecule has 3 heterocycles. The third kappa shape index (κ3) is 4.22. The Balaban J connectivity index is 1.48. The van der Waals surface area contributed by atoms with E-state index in [0.29, 0.717) is 25.4 Å². The number of rotatable bonds is 7. The number of benzene rings is 1. The summed E-state index contributed by atoms with van der Waals surface area (Å²) in [7, 11) is 0. The van der Waals surface area contributed by atoms with Crippen LogP contribution in [0.25, 0.3) is 10.9 Å². The van der Waals surface area contributed by atoms with Crippen molar-refractivity contribution < 1.29 is 9.59 Å². The standard InChI is InChI=1S/C23H27N3O2S/c1-15(2)13-26-14-16(10-22(26)27)23(28)25-12-19(21-8-5-9-29-21)18-11-24-20-7-4-3-6-17(18)20/h3-9,11,15-16,19,24H,10,12-14H2,1-2H3,(H,25,28)/t16-,19-/m1/s1. The number of likely N-dealkylation sites (tertiary alicyclic amines) is 1. The molecule has 2 atom stereocenters. The topological polar surface area (TPSA) is 65.2 Å². The van der Waals surface area contributed by atoms with Gasteiger partial charge in [-0.3, -0.25) is 9.59 Å². The van der Waals surface area contributed by atoms with Crippen LogP contribution in [0.1, 0.15) is 36.6 Å². The lowest BCUT2D eigenvalue weighted by molar-refractivity contribution is -0.129. The van der Waals surface area contributed by atoms with E-state index in [4.69, 9.17) is 0 Å². The highest BCUT2D eigenvalue weighted by molar-refractivity contribution is 7.10. The largest absolute Gasteiger partial charge is 0.361 e. The summed E-state index contributed by atoms with van der Waals surface area (Å²) in [4.78, 5) is 31.5. The molecule has 5 nitrogen and oxygen atoms in total. The van der Waals surface area contributed by atoms with Crippen molar-refractivity contribution in [2.75, 3.05) is 19.6 Å². The minimum Gasteiger partial charge on any atom is -0.361 e. The minimum absolute atomic E-state index is 0.0222. The van der Waals surface area contributed by atoms with Crippen molar-refractivity contribution in [1.82, 2.24) is 15.2 Å². The SMILES string of the molecule is CC(C)CN1C[C@H](C(=O)NC[C@@H](c2cccs2)c2c[nH]c3ccccc23)CC1=O. The molecule has 2 N–H and O–H groups in total. The van der Waals surface area contributed by atoms with Gasteiger partial charge in [0.2, 0.25) is 11.8 Å². The van der Waals surface area contributed by atoms with Gasteiger partial charge in [0, 0.05) is 53.9 Å². The predicted octanol–water partition coefficient (Wildman–Crippen LogP) is 3.98. The van der Waals surface area contributed by atoms with Crippen LogP contribution in [0.5, 0.6) is 0 Å². The third-order valence-electron chi connectivity index (χ3n) is 5.53. The maximum atomic E-state index is 12.8. The summed E-state index contributed by atoms with van der Waals surface area (Å²) in [6.45, 7) is 5.95. The second kappa shape index (κ2) is 8.41. The van der Waals surface area contributed by atoms with E-state index in [1.165, 1.54) is 15.8 Å². The van der Waals surface area contributed by atoms with Crippen molar-refractivity contribution in [2.45, 2.75) is 26.2 Å². The van der Waals surface area contributed by atoms with Crippen LogP contribution in [-0.4, -0.2) is 41.3 Å². The first-order valence-corrected chi connectivity index (χ1v) is 11.1. The molecule has 152 valence electrons. The molecule has 3 aromatic rings. The Hall–Kier alpha value is -2.60. The van der Waals surface area contributed by atoms with E-state index >= 15 is 0 Å². The first-order chi connectivity index (χ1) is 14.0. The fourth-order valence-electron chi connectivity index (χ4n) is 4.15. The van der Waals surface area contributed by atoms with Crippen molar-refractivity contribution in [3.63, 3.8) is 0 Å². The number of carbonyl (C=O) groups is 2. The smallest absolute Gasteiger partial charge is 0.225 e. The second-order valence-corrected chi connectivity index (χ2v) is 9.18. The van der Waals surface area contributed by atoms with E-state index in [-0.39, 0.29) is 23.7 Å². The zero-order chi connectivity index (χ0) is 20.4. The Labute approximate surface area is 175 Å². The number of para-hydroxylation sites is 1. The molecule has 1 aliphatic heterocycles. The van der Waals surface area contributed by atoms with E-state index in [1.807, 2.05) is 29.3 Å². The molecular formula is C23H27N3O2S. The lowest BCUT2D eigenvalue weighted by Crippen LogP contribution is -2.36. The maximum Gasteiger partial charge on any atom is 0.225 e. The summed E-state index contributed by atoms with van der Waals surface area (Å²) >= 11 is 1.70. The van der Waals surface area contributed by atoms with E-state index in [9.17, 15) is 9.59 Å². The van der Waals surface area contributed by atoms with Gasteiger partial charge in [-0.25, -0.2) is 0 Å². The molecule has 1 saturated heterocycles. The van der Waals surface area contributed by atoms with Gasteiger partial charge in [0.1, 0.15) is 0 Å². The molecule has 0 aliphatic carbocycles. The van der Waals surface area contributed by atoms with E-state index in [1.54, 1.807) is 11.3 Å². The predicted molar refractivity (Wildman–Crippen MR) is 117 cm³/mol. The normalized spacial score (nSPS) is 18.0. The second-order valence-electron chi connectivity index (χ2n) is 8.20. The Kier molecular flexibility index (Phi) is 5.72. The van der Waals surface area contributed by atoms with Gasteiger partial charge in [-0.1, -0.05) is 38.1 Å². The molecule has 6 heteroatoms. The summed E-state index contributed by atoms with van der Waals surface area (Å²) in [5.74, 6) is 0.300. The molecule has 0 bridgehead atoms. The number of hydrogen-bond donors (Lipinski definition) is 2. The fourth-order valence-corrected chi connectivity index (χ4v) is 4.99. The Morgan fingerprint density at radius 1 is 1.28 bits per heavy atom. The van der Waals surface area contributed by atoms with Gasteiger partial charge in [-0.2, -0.15) is 0 Å². The van der Waals surface area contributed by atoms with Crippen molar-refractivity contribution in [3.8, 4) is 0 Å². The van der Waals surface area contributed by atoms with Gasteiger partial charge >= 0.3 is 0 Å². The molecule has 1 aromatic carbocycles. The quantitative estimate of drug-likeness (QED) is 0.620. The Morgan fingerprint density at radius 3 is 2.86 bits per heavy atom. The molecule has 2 aromatic heterocycles. The Morgan fingerprint density at radius 2 is 2.10 bits per heavy atom. The highest BCUT2D eigenvalue weighted by Gasteiger charge is 2.34. The summed E-state index contributed by atoms with van der Waals surface area (Å²) in [5.41, 5.74) is 2.29. The third-order valence-corrected chi connectivity index (χ3v) is 6.52. The molecular weight excluding hydrogens is 382 g/mol. The average Bonchev–Trinajstić information content (AvgIpc) is 3.43. The molecule has 1 aliphatic rings. The number of nitrogens with zero attached hydrogens (tertiary/aromatic N) is 1. The zero-order valence-corrected chi connectivity index (χ0v) is 17.7. The lowest BCUT2D eigenvalue weighted by Gasteiger charge is -2.20. The summed E-state index contributed by atoms with van der Waals surface area (Å²) < 4.78 is 0.